The highest BCUT2D eigenvalue weighted by molar-refractivity contribution is 7.13. The second kappa shape index (κ2) is 4.59. The van der Waals surface area contributed by atoms with Crippen LogP contribution in [0.1, 0.15) is 15.2 Å². The number of anilines is 1. The van der Waals surface area contributed by atoms with Gasteiger partial charge >= 0.3 is 5.97 Å². The van der Waals surface area contributed by atoms with Crippen LogP contribution in [0.15, 0.2) is 29.6 Å². The molecule has 0 atom stereocenters. The van der Waals surface area contributed by atoms with Gasteiger partial charge in [-0.1, -0.05) is 29.8 Å². The van der Waals surface area contributed by atoms with E-state index in [1.54, 1.807) is 0 Å². The molecule has 0 saturated carbocycles. The van der Waals surface area contributed by atoms with E-state index >= 15 is 0 Å². The topological polar surface area (TPSA) is 52.3 Å². The lowest BCUT2D eigenvalue weighted by Crippen LogP contribution is -2.02. The minimum Gasteiger partial charge on any atom is -0.465 e. The zero-order valence-electron chi connectivity index (χ0n) is 9.69. The molecule has 0 radical (unpaired) electrons. The lowest BCUT2D eigenvalue weighted by molar-refractivity contribution is 0.0607. The normalized spacial score (nSPS) is 10.2. The number of benzene rings is 1. The highest BCUT2D eigenvalue weighted by Gasteiger charge is 2.16. The lowest BCUT2D eigenvalue weighted by atomic mass is 10.1. The molecule has 0 bridgehead atoms. The number of carbonyl (C=O) groups excluding carboxylic acids is 1. The SMILES string of the molecule is COC(=O)c1scc(-c2ccc(C)cc2)c1N. The van der Waals surface area contributed by atoms with Gasteiger partial charge in [0, 0.05) is 10.9 Å². The molecular formula is C13H13NO2S. The molecule has 0 amide bonds. The summed E-state index contributed by atoms with van der Waals surface area (Å²) in [5.41, 5.74) is 9.54. The van der Waals surface area contributed by atoms with E-state index in [1.165, 1.54) is 24.0 Å². The molecule has 0 aliphatic carbocycles. The summed E-state index contributed by atoms with van der Waals surface area (Å²) in [6, 6.07) is 8.03. The lowest BCUT2D eigenvalue weighted by Gasteiger charge is -2.02. The van der Waals surface area contributed by atoms with Crippen LogP contribution in [-0.2, 0) is 4.74 Å². The Bertz CT molecular complexity index is 543. The Kier molecular flexibility index (Phi) is 3.15. The van der Waals surface area contributed by atoms with Crippen LogP contribution >= 0.6 is 11.3 Å². The van der Waals surface area contributed by atoms with Crippen molar-refractivity contribution in [3.63, 3.8) is 0 Å². The third-order valence-corrected chi connectivity index (χ3v) is 3.54. The number of aryl methyl sites for hydroxylation is 1. The second-order valence-corrected chi connectivity index (χ2v) is 4.63. The van der Waals surface area contributed by atoms with Crippen LogP contribution < -0.4 is 5.73 Å². The van der Waals surface area contributed by atoms with Gasteiger partial charge in [-0.25, -0.2) is 4.79 Å². The summed E-state index contributed by atoms with van der Waals surface area (Å²) in [7, 11) is 1.35. The third-order valence-electron chi connectivity index (χ3n) is 2.56. The van der Waals surface area contributed by atoms with Crippen molar-refractivity contribution in [3.8, 4) is 11.1 Å². The van der Waals surface area contributed by atoms with Crippen LogP contribution in [0.3, 0.4) is 0 Å². The molecule has 0 spiro atoms. The number of nitrogens with two attached hydrogens (primary N) is 1. The predicted octanol–water partition coefficient (Wildman–Crippen LogP) is 3.09. The molecule has 0 saturated heterocycles. The summed E-state index contributed by atoms with van der Waals surface area (Å²) in [6.45, 7) is 2.03. The van der Waals surface area contributed by atoms with Gasteiger partial charge in [0.25, 0.3) is 0 Å². The van der Waals surface area contributed by atoms with Crippen LogP contribution in [0.2, 0.25) is 0 Å². The Labute approximate surface area is 104 Å². The Balaban J connectivity index is 2.44. The fourth-order valence-electron chi connectivity index (χ4n) is 1.57. The van der Waals surface area contributed by atoms with E-state index in [4.69, 9.17) is 5.73 Å². The van der Waals surface area contributed by atoms with E-state index in [0.29, 0.717) is 10.6 Å². The van der Waals surface area contributed by atoms with Gasteiger partial charge in [0.1, 0.15) is 4.88 Å². The van der Waals surface area contributed by atoms with Crippen LogP contribution in [0.4, 0.5) is 5.69 Å². The minimum absolute atomic E-state index is 0.383. The first-order valence-electron chi connectivity index (χ1n) is 5.16. The summed E-state index contributed by atoms with van der Waals surface area (Å²) in [5.74, 6) is -0.383. The van der Waals surface area contributed by atoms with E-state index in [2.05, 4.69) is 4.74 Å². The second-order valence-electron chi connectivity index (χ2n) is 3.75. The molecule has 88 valence electrons. The van der Waals surface area contributed by atoms with Crippen molar-refractivity contribution in [2.45, 2.75) is 6.92 Å². The van der Waals surface area contributed by atoms with Crippen LogP contribution in [-0.4, -0.2) is 13.1 Å². The summed E-state index contributed by atoms with van der Waals surface area (Å²) in [4.78, 5) is 11.9. The molecule has 0 unspecified atom stereocenters. The van der Waals surface area contributed by atoms with Gasteiger partial charge in [-0.2, -0.15) is 0 Å². The van der Waals surface area contributed by atoms with Gasteiger partial charge in [-0.15, -0.1) is 11.3 Å². The molecular weight excluding hydrogens is 234 g/mol. The Hall–Kier alpha value is -1.81. The highest BCUT2D eigenvalue weighted by atomic mass is 32.1. The molecule has 3 nitrogen and oxygen atoms in total. The minimum atomic E-state index is -0.383. The van der Waals surface area contributed by atoms with Crippen molar-refractivity contribution in [1.82, 2.24) is 0 Å². The zero-order valence-corrected chi connectivity index (χ0v) is 10.5. The van der Waals surface area contributed by atoms with E-state index in [9.17, 15) is 4.79 Å². The van der Waals surface area contributed by atoms with Crippen LogP contribution in [0, 0.1) is 6.92 Å². The van der Waals surface area contributed by atoms with Gasteiger partial charge in [0.15, 0.2) is 0 Å². The molecule has 1 heterocycles. The molecule has 17 heavy (non-hydrogen) atoms. The van der Waals surface area contributed by atoms with Gasteiger partial charge < -0.3 is 10.5 Å². The number of ether oxygens (including phenoxy) is 1. The fraction of sp³-hybridized carbons (Fsp3) is 0.154. The summed E-state index contributed by atoms with van der Waals surface area (Å²) in [5, 5.41) is 1.88. The number of thiophene rings is 1. The average Bonchev–Trinajstić information content (AvgIpc) is 2.71. The van der Waals surface area contributed by atoms with Crippen LogP contribution in [0.5, 0.6) is 0 Å². The van der Waals surface area contributed by atoms with Crippen molar-refractivity contribution >= 4 is 23.0 Å². The molecule has 0 aliphatic rings. The first-order chi connectivity index (χ1) is 8.13. The van der Waals surface area contributed by atoms with Gasteiger partial charge in [0.2, 0.25) is 0 Å². The van der Waals surface area contributed by atoms with Crippen molar-refractivity contribution in [3.05, 3.63) is 40.1 Å². The highest BCUT2D eigenvalue weighted by Crippen LogP contribution is 2.34. The molecule has 0 fully saturated rings. The Morgan fingerprint density at radius 2 is 1.94 bits per heavy atom. The number of carbonyl (C=O) groups is 1. The molecule has 1 aromatic carbocycles. The molecule has 4 heteroatoms. The Morgan fingerprint density at radius 1 is 1.29 bits per heavy atom. The number of hydrogen-bond donors (Lipinski definition) is 1. The average molecular weight is 247 g/mol. The number of esters is 1. The fourth-order valence-corrected chi connectivity index (χ4v) is 2.49. The third kappa shape index (κ3) is 2.17. The molecule has 1 aromatic heterocycles. The van der Waals surface area contributed by atoms with Crippen molar-refractivity contribution in [1.29, 1.82) is 0 Å². The maximum Gasteiger partial charge on any atom is 0.350 e. The molecule has 2 N–H and O–H groups in total. The summed E-state index contributed by atoms with van der Waals surface area (Å²) < 4.78 is 4.68. The number of rotatable bonds is 2. The number of methoxy groups -OCH3 is 1. The van der Waals surface area contributed by atoms with Crippen molar-refractivity contribution in [2.24, 2.45) is 0 Å². The van der Waals surface area contributed by atoms with Crippen molar-refractivity contribution < 1.29 is 9.53 Å². The largest absolute Gasteiger partial charge is 0.465 e. The van der Waals surface area contributed by atoms with E-state index in [-0.39, 0.29) is 5.97 Å². The predicted molar refractivity (Wildman–Crippen MR) is 70.2 cm³/mol. The monoisotopic (exact) mass is 247 g/mol. The first-order valence-corrected chi connectivity index (χ1v) is 6.03. The van der Waals surface area contributed by atoms with Gasteiger partial charge in [-0.05, 0) is 12.5 Å². The maximum atomic E-state index is 11.4. The number of hydrogen-bond acceptors (Lipinski definition) is 4. The van der Waals surface area contributed by atoms with Gasteiger partial charge in [0.05, 0.1) is 12.8 Å². The van der Waals surface area contributed by atoms with Gasteiger partial charge in [-0.3, -0.25) is 0 Å². The van der Waals surface area contributed by atoms with Crippen LogP contribution in [0.25, 0.3) is 11.1 Å². The first kappa shape index (κ1) is 11.7. The smallest absolute Gasteiger partial charge is 0.350 e. The Morgan fingerprint density at radius 3 is 2.53 bits per heavy atom. The molecule has 2 rings (SSSR count). The molecule has 2 aromatic rings. The van der Waals surface area contributed by atoms with E-state index in [0.717, 1.165) is 11.1 Å². The molecule has 0 aliphatic heterocycles. The zero-order chi connectivity index (χ0) is 12.4. The summed E-state index contributed by atoms with van der Waals surface area (Å²) in [6.07, 6.45) is 0. The van der Waals surface area contributed by atoms with E-state index in [1.807, 2.05) is 36.6 Å². The van der Waals surface area contributed by atoms with Crippen molar-refractivity contribution in [2.75, 3.05) is 12.8 Å². The number of nitrogen functional groups attached to an aromatic ring is 1. The quantitative estimate of drug-likeness (QED) is 0.830. The standard InChI is InChI=1S/C13H13NO2S/c1-8-3-5-9(6-4-8)10-7-17-12(11(10)14)13(15)16-2/h3-7H,14H2,1-2H3. The van der Waals surface area contributed by atoms with E-state index < -0.39 is 0 Å². The maximum absolute atomic E-state index is 11.4. The summed E-state index contributed by atoms with van der Waals surface area (Å²) >= 11 is 1.31.